The fourth-order valence-electron chi connectivity index (χ4n) is 5.33. The largest absolute Gasteiger partial charge is 0.408 e. The van der Waals surface area contributed by atoms with Gasteiger partial charge in [-0.15, -0.1) is 0 Å². The normalized spacial score (nSPS) is 16.7. The number of alkyl halides is 3. The van der Waals surface area contributed by atoms with Crippen molar-refractivity contribution in [3.05, 3.63) is 54.1 Å². The number of carbonyl (C=O) groups is 1. The molecule has 0 bridgehead atoms. The number of nitriles is 1. The summed E-state index contributed by atoms with van der Waals surface area (Å²) in [7, 11) is 0. The standard InChI is InChI=1S/C30H40F3N5O2/c1-21(2)19-26(28(35)39)38(14-13-34)27(30(31,32)33)24-7-5-22(6-8-24)23-9-11-25(12-10-23)37-17-15-36(16-18-37)20-29(3,4)40/h5-12,21,26-27,40H,14-20H2,1-4H3,(H2,35,39)/t26-,27?/m0/s1. The summed E-state index contributed by atoms with van der Waals surface area (Å²) in [5.41, 5.74) is 7.40. The van der Waals surface area contributed by atoms with E-state index in [0.717, 1.165) is 47.9 Å². The number of hydrogen-bond donors (Lipinski definition) is 2. The topological polar surface area (TPSA) is 96.8 Å². The van der Waals surface area contributed by atoms with Crippen molar-refractivity contribution >= 4 is 11.6 Å². The molecule has 3 rings (SSSR count). The highest BCUT2D eigenvalue weighted by molar-refractivity contribution is 5.80. The summed E-state index contributed by atoms with van der Waals surface area (Å²) >= 11 is 0. The zero-order valence-corrected chi connectivity index (χ0v) is 23.7. The summed E-state index contributed by atoms with van der Waals surface area (Å²) < 4.78 is 43.1. The Morgan fingerprint density at radius 3 is 1.98 bits per heavy atom. The molecule has 0 aliphatic carbocycles. The maximum absolute atomic E-state index is 14.4. The molecular formula is C30H40F3N5O2. The van der Waals surface area contributed by atoms with Gasteiger partial charge >= 0.3 is 6.18 Å². The van der Waals surface area contributed by atoms with E-state index in [-0.39, 0.29) is 17.9 Å². The van der Waals surface area contributed by atoms with Crippen LogP contribution in [0.25, 0.3) is 11.1 Å². The third kappa shape index (κ3) is 8.43. The molecule has 1 aliphatic heterocycles. The summed E-state index contributed by atoms with van der Waals surface area (Å²) in [6.07, 6.45) is -4.61. The van der Waals surface area contributed by atoms with E-state index in [1.54, 1.807) is 45.9 Å². The van der Waals surface area contributed by atoms with Crippen molar-refractivity contribution in [2.45, 2.75) is 58.0 Å². The number of benzene rings is 2. The molecule has 3 N–H and O–H groups in total. The van der Waals surface area contributed by atoms with Crippen LogP contribution in [0.5, 0.6) is 0 Å². The second kappa shape index (κ2) is 13.0. The number of β-amino-alcohol motifs (C(OH)–C–C–N with tert-alkyl or cyclic N) is 1. The van der Waals surface area contributed by atoms with Crippen molar-refractivity contribution in [3.8, 4) is 17.2 Å². The van der Waals surface area contributed by atoms with Gasteiger partial charge in [0.1, 0.15) is 6.04 Å². The van der Waals surface area contributed by atoms with Crippen molar-refractivity contribution < 1.29 is 23.1 Å². The van der Waals surface area contributed by atoms with Gasteiger partial charge in [-0.1, -0.05) is 50.2 Å². The van der Waals surface area contributed by atoms with E-state index in [9.17, 15) is 28.3 Å². The highest BCUT2D eigenvalue weighted by Gasteiger charge is 2.48. The van der Waals surface area contributed by atoms with Crippen LogP contribution in [-0.2, 0) is 4.79 Å². The average molecular weight is 560 g/mol. The smallest absolute Gasteiger partial charge is 0.389 e. The molecule has 0 saturated carbocycles. The molecule has 2 aromatic rings. The fourth-order valence-corrected chi connectivity index (χ4v) is 5.33. The molecule has 0 spiro atoms. The van der Waals surface area contributed by atoms with Gasteiger partial charge in [0.2, 0.25) is 5.91 Å². The van der Waals surface area contributed by atoms with Gasteiger partial charge in [0.05, 0.1) is 24.3 Å². The molecule has 1 saturated heterocycles. The lowest BCUT2D eigenvalue weighted by atomic mass is 9.95. The molecule has 218 valence electrons. The van der Waals surface area contributed by atoms with Crippen molar-refractivity contribution in [2.24, 2.45) is 11.7 Å². The minimum Gasteiger partial charge on any atom is -0.389 e. The van der Waals surface area contributed by atoms with Crippen LogP contribution in [0, 0.1) is 17.2 Å². The molecule has 2 aromatic carbocycles. The number of nitrogens with two attached hydrogens (primary N) is 1. The number of rotatable bonds is 11. The number of anilines is 1. The molecule has 1 unspecified atom stereocenters. The quantitative estimate of drug-likeness (QED) is 0.392. The van der Waals surface area contributed by atoms with E-state index in [2.05, 4.69) is 9.80 Å². The summed E-state index contributed by atoms with van der Waals surface area (Å²) in [4.78, 5) is 17.5. The second-order valence-electron chi connectivity index (χ2n) is 11.6. The van der Waals surface area contributed by atoms with Crippen LogP contribution in [0.2, 0.25) is 0 Å². The Balaban J connectivity index is 1.78. The lowest BCUT2D eigenvalue weighted by Crippen LogP contribution is -2.51. The van der Waals surface area contributed by atoms with Crippen LogP contribution >= 0.6 is 0 Å². The minimum atomic E-state index is -4.72. The Morgan fingerprint density at radius 2 is 1.55 bits per heavy atom. The van der Waals surface area contributed by atoms with Crippen LogP contribution in [0.3, 0.4) is 0 Å². The van der Waals surface area contributed by atoms with Gasteiger partial charge in [-0.05, 0) is 55.0 Å². The van der Waals surface area contributed by atoms with Gasteiger partial charge in [-0.25, -0.2) is 0 Å². The third-order valence-corrected chi connectivity index (χ3v) is 7.09. The summed E-state index contributed by atoms with van der Waals surface area (Å²) in [5, 5.41) is 19.4. The van der Waals surface area contributed by atoms with Gasteiger partial charge in [0, 0.05) is 38.4 Å². The average Bonchev–Trinajstić information content (AvgIpc) is 2.86. The molecule has 0 aromatic heterocycles. The maximum atomic E-state index is 14.4. The van der Waals surface area contributed by atoms with Crippen molar-refractivity contribution in [2.75, 3.05) is 44.2 Å². The first-order chi connectivity index (χ1) is 18.7. The van der Waals surface area contributed by atoms with Crippen LogP contribution in [0.4, 0.5) is 18.9 Å². The van der Waals surface area contributed by atoms with Gasteiger partial charge < -0.3 is 15.7 Å². The first kappa shape index (κ1) is 31.4. The second-order valence-corrected chi connectivity index (χ2v) is 11.6. The Bertz CT molecular complexity index is 1150. The van der Waals surface area contributed by atoms with Gasteiger partial charge in [0.15, 0.2) is 0 Å². The predicted octanol–water partition coefficient (Wildman–Crippen LogP) is 4.58. The number of aliphatic hydroxyl groups is 1. The molecule has 10 heteroatoms. The molecular weight excluding hydrogens is 519 g/mol. The molecule has 0 radical (unpaired) electrons. The third-order valence-electron chi connectivity index (χ3n) is 7.09. The van der Waals surface area contributed by atoms with Crippen molar-refractivity contribution in [1.29, 1.82) is 5.26 Å². The summed E-state index contributed by atoms with van der Waals surface area (Å²) in [6, 6.07) is 12.4. The molecule has 40 heavy (non-hydrogen) atoms. The van der Waals surface area contributed by atoms with Crippen molar-refractivity contribution in [3.63, 3.8) is 0 Å². The lowest BCUT2D eigenvalue weighted by Gasteiger charge is -2.38. The van der Waals surface area contributed by atoms with Gasteiger partial charge in [0.25, 0.3) is 0 Å². The fraction of sp³-hybridized carbons (Fsp3) is 0.533. The summed E-state index contributed by atoms with van der Waals surface area (Å²) in [6.45, 7) is 10.6. The molecule has 1 heterocycles. The first-order valence-corrected chi connectivity index (χ1v) is 13.6. The number of halogens is 3. The Morgan fingerprint density at radius 1 is 1.02 bits per heavy atom. The number of amides is 1. The van der Waals surface area contributed by atoms with E-state index >= 15 is 0 Å². The Labute approximate surface area is 235 Å². The minimum absolute atomic E-state index is 0.0537. The van der Waals surface area contributed by atoms with E-state index in [1.807, 2.05) is 24.3 Å². The SMILES string of the molecule is CC(C)C[C@@H](C(N)=O)N(CC#N)C(c1ccc(-c2ccc(N3CCN(CC(C)(C)O)CC3)cc2)cc1)C(F)(F)F. The zero-order chi connectivity index (χ0) is 29.7. The molecule has 1 fully saturated rings. The number of nitrogens with zero attached hydrogens (tertiary/aromatic N) is 4. The van der Waals surface area contributed by atoms with Gasteiger partial charge in [-0.2, -0.15) is 18.4 Å². The Kier molecular flexibility index (Phi) is 10.2. The molecule has 2 atom stereocenters. The van der Waals surface area contributed by atoms with E-state index in [1.165, 1.54) is 12.1 Å². The maximum Gasteiger partial charge on any atom is 0.408 e. The van der Waals surface area contributed by atoms with E-state index in [0.29, 0.717) is 6.54 Å². The molecule has 7 nitrogen and oxygen atoms in total. The van der Waals surface area contributed by atoms with Gasteiger partial charge in [-0.3, -0.25) is 14.6 Å². The highest BCUT2D eigenvalue weighted by Crippen LogP contribution is 2.40. The van der Waals surface area contributed by atoms with Crippen LogP contribution < -0.4 is 10.6 Å². The number of primary amides is 1. The predicted molar refractivity (Wildman–Crippen MR) is 150 cm³/mol. The lowest BCUT2D eigenvalue weighted by molar-refractivity contribution is -0.192. The number of hydrogen-bond acceptors (Lipinski definition) is 6. The zero-order valence-electron chi connectivity index (χ0n) is 23.7. The van der Waals surface area contributed by atoms with E-state index < -0.39 is 36.3 Å². The Hall–Kier alpha value is -3.13. The number of piperazine rings is 1. The van der Waals surface area contributed by atoms with E-state index in [4.69, 9.17) is 5.73 Å². The van der Waals surface area contributed by atoms with Crippen LogP contribution in [-0.4, -0.2) is 77.9 Å². The van der Waals surface area contributed by atoms with Crippen molar-refractivity contribution in [1.82, 2.24) is 9.80 Å². The summed E-state index contributed by atoms with van der Waals surface area (Å²) in [5.74, 6) is -0.969. The monoisotopic (exact) mass is 559 g/mol. The van der Waals surface area contributed by atoms with Crippen LogP contribution in [0.15, 0.2) is 48.5 Å². The molecule has 1 amide bonds. The highest BCUT2D eigenvalue weighted by atomic mass is 19.4. The van der Waals surface area contributed by atoms with Crippen LogP contribution in [0.1, 0.15) is 45.7 Å². The molecule has 1 aliphatic rings. The first-order valence-electron chi connectivity index (χ1n) is 13.6. The number of carbonyl (C=O) groups excluding carboxylic acids is 1.